The minimum Gasteiger partial charge on any atom is -0.289 e. The fraction of sp³-hybridized carbons (Fsp3) is 0.125. The topological polar surface area (TPSA) is 17.1 Å². The summed E-state index contributed by atoms with van der Waals surface area (Å²) in [7, 11) is 0. The monoisotopic (exact) mass is 206 g/mol. The van der Waals surface area contributed by atoms with Gasteiger partial charge in [-0.25, -0.2) is 0 Å². The molecule has 1 aromatic rings. The number of hydrogen-bond acceptors (Lipinski definition) is 2. The minimum absolute atomic E-state index is 0.326. The first-order valence-electron chi connectivity index (χ1n) is 3.27. The lowest BCUT2D eigenvalue weighted by Gasteiger charge is -2.04. The molecule has 0 saturated carbocycles. The Bertz CT molecular complexity index is 337. The Morgan fingerprint density at radius 3 is 2.54 bits per heavy atom. The van der Waals surface area contributed by atoms with Crippen LogP contribution in [0.5, 0.6) is 0 Å². The van der Waals surface area contributed by atoms with Crippen LogP contribution in [0.3, 0.4) is 0 Å². The van der Waals surface area contributed by atoms with Crippen molar-refractivity contribution in [2.45, 2.75) is 6.18 Å². The van der Waals surface area contributed by atoms with Crippen LogP contribution in [0.2, 0.25) is 0 Å². The first-order chi connectivity index (χ1) is 5.96. The molecule has 0 fully saturated rings. The van der Waals surface area contributed by atoms with E-state index in [4.69, 9.17) is 0 Å². The molecule has 0 N–H and O–H groups in total. The second-order valence-electron chi connectivity index (χ2n) is 2.27. The van der Waals surface area contributed by atoms with Crippen LogP contribution >= 0.6 is 11.3 Å². The number of alkyl halides is 3. The fourth-order valence-electron chi connectivity index (χ4n) is 0.817. The van der Waals surface area contributed by atoms with Crippen LogP contribution in [-0.2, 0) is 6.18 Å². The molecule has 1 aromatic heterocycles. The molecule has 0 aliphatic heterocycles. The molecular weight excluding hydrogens is 201 g/mol. The summed E-state index contributed by atoms with van der Waals surface area (Å²) in [6.45, 7) is 3.13. The number of rotatable bonds is 2. The van der Waals surface area contributed by atoms with Crippen LogP contribution in [0.1, 0.15) is 15.9 Å². The second kappa shape index (κ2) is 3.33. The SMILES string of the molecule is C=CC(=O)c1cscc1C(F)(F)F. The smallest absolute Gasteiger partial charge is 0.289 e. The van der Waals surface area contributed by atoms with Crippen LogP contribution in [-0.4, -0.2) is 5.78 Å². The van der Waals surface area contributed by atoms with Gasteiger partial charge in [-0.2, -0.15) is 24.5 Å². The van der Waals surface area contributed by atoms with Gasteiger partial charge in [-0.05, 0) is 6.08 Å². The van der Waals surface area contributed by atoms with Gasteiger partial charge in [0.1, 0.15) is 0 Å². The summed E-state index contributed by atoms with van der Waals surface area (Å²) in [5.74, 6) is -0.700. The van der Waals surface area contributed by atoms with Gasteiger partial charge in [-0.3, -0.25) is 4.79 Å². The van der Waals surface area contributed by atoms with E-state index >= 15 is 0 Å². The number of hydrogen-bond donors (Lipinski definition) is 0. The third kappa shape index (κ3) is 1.98. The van der Waals surface area contributed by atoms with Gasteiger partial charge in [0, 0.05) is 16.3 Å². The van der Waals surface area contributed by atoms with E-state index in [1.165, 1.54) is 5.38 Å². The Hall–Kier alpha value is -1.10. The van der Waals surface area contributed by atoms with Gasteiger partial charge >= 0.3 is 6.18 Å². The van der Waals surface area contributed by atoms with Crippen molar-refractivity contribution in [3.8, 4) is 0 Å². The Kier molecular flexibility index (Phi) is 2.56. The standard InChI is InChI=1S/C8H5F3OS/c1-2-7(12)5-3-13-4-6(5)8(9,10)11/h2-4H,1H2. The van der Waals surface area contributed by atoms with Crippen LogP contribution < -0.4 is 0 Å². The van der Waals surface area contributed by atoms with Crippen molar-refractivity contribution >= 4 is 17.1 Å². The summed E-state index contributed by atoms with van der Waals surface area (Å²) in [5, 5.41) is 2.09. The average Bonchev–Trinajstić information content (AvgIpc) is 2.49. The Labute approximate surface area is 76.5 Å². The maximum atomic E-state index is 12.2. The summed E-state index contributed by atoms with van der Waals surface area (Å²) in [4.78, 5) is 10.9. The van der Waals surface area contributed by atoms with Gasteiger partial charge in [0.15, 0.2) is 5.78 Å². The van der Waals surface area contributed by atoms with E-state index in [0.29, 0.717) is 0 Å². The lowest BCUT2D eigenvalue weighted by molar-refractivity contribution is -0.137. The predicted octanol–water partition coefficient (Wildman–Crippen LogP) is 3.14. The molecule has 70 valence electrons. The van der Waals surface area contributed by atoms with E-state index in [-0.39, 0.29) is 5.56 Å². The lowest BCUT2D eigenvalue weighted by Crippen LogP contribution is -2.09. The van der Waals surface area contributed by atoms with Crippen molar-refractivity contribution in [1.29, 1.82) is 0 Å². The average molecular weight is 206 g/mol. The lowest BCUT2D eigenvalue weighted by atomic mass is 10.1. The molecular formula is C8H5F3OS. The van der Waals surface area contributed by atoms with Crippen LogP contribution in [0, 0.1) is 0 Å². The predicted molar refractivity (Wildman–Crippen MR) is 43.8 cm³/mol. The zero-order valence-electron chi connectivity index (χ0n) is 6.39. The Morgan fingerprint density at radius 2 is 2.08 bits per heavy atom. The quantitative estimate of drug-likeness (QED) is 0.536. The number of ketones is 1. The first-order valence-corrected chi connectivity index (χ1v) is 4.21. The third-order valence-corrected chi connectivity index (χ3v) is 2.16. The van der Waals surface area contributed by atoms with Crippen LogP contribution in [0.25, 0.3) is 0 Å². The highest BCUT2D eigenvalue weighted by Crippen LogP contribution is 2.34. The maximum absolute atomic E-state index is 12.2. The molecule has 0 unspecified atom stereocenters. The molecule has 0 aliphatic rings. The molecule has 0 atom stereocenters. The number of carbonyl (C=O) groups excluding carboxylic acids is 1. The highest BCUT2D eigenvalue weighted by molar-refractivity contribution is 7.08. The van der Waals surface area contributed by atoms with Crippen LogP contribution in [0.15, 0.2) is 23.4 Å². The summed E-state index contributed by atoms with van der Waals surface area (Å²) in [6.07, 6.45) is -3.59. The first kappa shape index (κ1) is 9.98. The van der Waals surface area contributed by atoms with Crippen molar-refractivity contribution in [2.24, 2.45) is 0 Å². The van der Waals surface area contributed by atoms with Gasteiger partial charge < -0.3 is 0 Å². The van der Waals surface area contributed by atoms with Crippen LogP contribution in [0.4, 0.5) is 13.2 Å². The molecule has 1 heterocycles. The van der Waals surface area contributed by atoms with Crippen molar-refractivity contribution in [2.75, 3.05) is 0 Å². The molecule has 13 heavy (non-hydrogen) atoms. The van der Waals surface area contributed by atoms with E-state index in [1.54, 1.807) is 0 Å². The number of halogens is 3. The van der Waals surface area contributed by atoms with E-state index in [0.717, 1.165) is 22.8 Å². The van der Waals surface area contributed by atoms with E-state index < -0.39 is 17.5 Å². The van der Waals surface area contributed by atoms with Crippen molar-refractivity contribution in [3.63, 3.8) is 0 Å². The highest BCUT2D eigenvalue weighted by atomic mass is 32.1. The van der Waals surface area contributed by atoms with Crippen molar-refractivity contribution in [1.82, 2.24) is 0 Å². The fourth-order valence-corrected chi connectivity index (χ4v) is 1.66. The van der Waals surface area contributed by atoms with Gasteiger partial charge in [-0.1, -0.05) is 6.58 Å². The zero-order valence-corrected chi connectivity index (χ0v) is 7.21. The molecule has 1 nitrogen and oxygen atoms in total. The van der Waals surface area contributed by atoms with Gasteiger partial charge in [0.25, 0.3) is 0 Å². The molecule has 0 spiro atoms. The number of allylic oxidation sites excluding steroid dienone is 1. The number of carbonyl (C=O) groups is 1. The Morgan fingerprint density at radius 1 is 1.46 bits per heavy atom. The van der Waals surface area contributed by atoms with E-state index in [9.17, 15) is 18.0 Å². The van der Waals surface area contributed by atoms with E-state index in [1.807, 2.05) is 0 Å². The molecule has 1 rings (SSSR count). The summed E-state index contributed by atoms with van der Waals surface area (Å²) in [5.41, 5.74) is -1.21. The highest BCUT2D eigenvalue weighted by Gasteiger charge is 2.35. The van der Waals surface area contributed by atoms with E-state index in [2.05, 4.69) is 6.58 Å². The third-order valence-electron chi connectivity index (χ3n) is 1.42. The normalized spacial score (nSPS) is 11.3. The molecule has 0 saturated heterocycles. The Balaban J connectivity index is 3.17. The van der Waals surface area contributed by atoms with Crippen molar-refractivity contribution < 1.29 is 18.0 Å². The maximum Gasteiger partial charge on any atom is 0.417 e. The summed E-state index contributed by atoms with van der Waals surface area (Å²) >= 11 is 0.848. The van der Waals surface area contributed by atoms with Gasteiger partial charge in [-0.15, -0.1) is 0 Å². The molecule has 5 heteroatoms. The summed E-state index contributed by atoms with van der Waals surface area (Å²) in [6, 6.07) is 0. The zero-order chi connectivity index (χ0) is 10.1. The molecule has 0 amide bonds. The molecule has 0 aromatic carbocycles. The number of thiophene rings is 1. The molecule has 0 radical (unpaired) electrons. The van der Waals surface area contributed by atoms with Crippen molar-refractivity contribution in [3.05, 3.63) is 34.5 Å². The van der Waals surface area contributed by atoms with Gasteiger partial charge in [0.2, 0.25) is 0 Å². The molecule has 0 bridgehead atoms. The minimum atomic E-state index is -4.46. The molecule has 0 aliphatic carbocycles. The largest absolute Gasteiger partial charge is 0.417 e. The summed E-state index contributed by atoms with van der Waals surface area (Å²) < 4.78 is 36.6. The van der Waals surface area contributed by atoms with Gasteiger partial charge in [0.05, 0.1) is 5.56 Å². The second-order valence-corrected chi connectivity index (χ2v) is 3.01.